The topological polar surface area (TPSA) is 12.0 Å². The number of nitrogens with one attached hydrogen (secondary N) is 1. The molecule has 0 amide bonds. The lowest BCUT2D eigenvalue weighted by molar-refractivity contribution is 0.669. The van der Waals surface area contributed by atoms with Crippen molar-refractivity contribution in [1.29, 1.82) is 0 Å². The van der Waals surface area contributed by atoms with Gasteiger partial charge in [0.25, 0.3) is 0 Å². The third-order valence-corrected chi connectivity index (χ3v) is 2.35. The molecular weight excluding hydrogens is 146 g/mol. The van der Waals surface area contributed by atoms with Crippen LogP contribution in [0, 0.1) is 6.54 Å². The zero-order valence-corrected chi connectivity index (χ0v) is 7.22. The highest BCUT2D eigenvalue weighted by Gasteiger charge is 2.04. The van der Waals surface area contributed by atoms with Crippen molar-refractivity contribution in [1.82, 2.24) is 5.32 Å². The molecule has 1 aromatic carbocycles. The maximum atomic E-state index is 3.32. The molecular formula is C11H14N. The molecule has 1 nitrogen and oxygen atoms in total. The van der Waals surface area contributed by atoms with E-state index in [4.69, 9.17) is 0 Å². The fourth-order valence-electron chi connectivity index (χ4n) is 1.65. The van der Waals surface area contributed by atoms with Crippen LogP contribution < -0.4 is 5.32 Å². The molecule has 0 aliphatic carbocycles. The number of hydrogen-bond acceptors (Lipinski definition) is 1. The Bertz CT molecular complexity index is 228. The third-order valence-electron chi connectivity index (χ3n) is 2.35. The van der Waals surface area contributed by atoms with Crippen molar-refractivity contribution in [3.05, 3.63) is 41.9 Å². The van der Waals surface area contributed by atoms with E-state index < -0.39 is 0 Å². The van der Waals surface area contributed by atoms with Crippen LogP contribution in [0.1, 0.15) is 24.0 Å². The molecule has 1 aliphatic heterocycles. The summed E-state index contributed by atoms with van der Waals surface area (Å²) in [5.74, 6) is 0. The highest BCUT2D eigenvalue weighted by molar-refractivity contribution is 5.27. The van der Waals surface area contributed by atoms with Crippen LogP contribution in [-0.2, 0) is 13.0 Å². The predicted octanol–water partition coefficient (Wildman–Crippen LogP) is 2.27. The molecule has 0 bridgehead atoms. The van der Waals surface area contributed by atoms with Crippen molar-refractivity contribution in [2.75, 3.05) is 0 Å². The van der Waals surface area contributed by atoms with Crippen LogP contribution in [0.2, 0.25) is 0 Å². The average Bonchev–Trinajstić information content (AvgIpc) is 2.06. The van der Waals surface area contributed by atoms with Gasteiger partial charge in [0.2, 0.25) is 0 Å². The number of fused-ring (bicyclic) bond motifs is 1. The molecule has 12 heavy (non-hydrogen) atoms. The van der Waals surface area contributed by atoms with Gasteiger partial charge in [-0.25, -0.2) is 0 Å². The highest BCUT2D eigenvalue weighted by atomic mass is 14.8. The lowest BCUT2D eigenvalue weighted by Crippen LogP contribution is -2.13. The van der Waals surface area contributed by atoms with Gasteiger partial charge in [0.1, 0.15) is 0 Å². The molecule has 0 fully saturated rings. The van der Waals surface area contributed by atoms with Crippen molar-refractivity contribution in [3.8, 4) is 0 Å². The van der Waals surface area contributed by atoms with E-state index in [1.807, 2.05) is 0 Å². The first-order valence-corrected chi connectivity index (χ1v) is 4.58. The minimum Gasteiger partial charge on any atom is -0.308 e. The maximum absolute atomic E-state index is 3.32. The summed E-state index contributed by atoms with van der Waals surface area (Å²) in [5.41, 5.74) is 2.96. The van der Waals surface area contributed by atoms with E-state index in [1.165, 1.54) is 30.4 Å². The van der Waals surface area contributed by atoms with Gasteiger partial charge in [0, 0.05) is 13.1 Å². The van der Waals surface area contributed by atoms with E-state index in [9.17, 15) is 0 Å². The van der Waals surface area contributed by atoms with Crippen molar-refractivity contribution >= 4 is 0 Å². The molecule has 1 heteroatoms. The first-order valence-electron chi connectivity index (χ1n) is 4.58. The molecule has 0 unspecified atom stereocenters. The Hall–Kier alpha value is -0.820. The highest BCUT2D eigenvalue weighted by Crippen LogP contribution is 2.14. The van der Waals surface area contributed by atoms with Gasteiger partial charge in [-0.2, -0.15) is 0 Å². The summed E-state index contributed by atoms with van der Waals surface area (Å²) in [6, 6.07) is 8.69. The van der Waals surface area contributed by atoms with Crippen LogP contribution in [0.25, 0.3) is 0 Å². The first kappa shape index (κ1) is 7.81. The molecule has 1 N–H and O–H groups in total. The Labute approximate surface area is 73.8 Å². The van der Waals surface area contributed by atoms with E-state index >= 15 is 0 Å². The number of rotatable bonds is 0. The number of benzene rings is 1. The molecule has 0 atom stereocenters. The largest absolute Gasteiger partial charge is 0.308 e. The minimum absolute atomic E-state index is 0.996. The van der Waals surface area contributed by atoms with Crippen molar-refractivity contribution in [2.24, 2.45) is 0 Å². The molecule has 0 saturated carbocycles. The van der Waals surface area contributed by atoms with Crippen LogP contribution in [0.3, 0.4) is 0 Å². The number of aryl methyl sites for hydroxylation is 1. The monoisotopic (exact) mass is 160 g/mol. The summed E-state index contributed by atoms with van der Waals surface area (Å²) in [6.07, 6.45) is 3.69. The van der Waals surface area contributed by atoms with Gasteiger partial charge in [-0.15, -0.1) is 0 Å². The van der Waals surface area contributed by atoms with Gasteiger partial charge in [-0.1, -0.05) is 24.3 Å². The summed E-state index contributed by atoms with van der Waals surface area (Å²) in [5, 5.41) is 3.32. The summed E-state index contributed by atoms with van der Waals surface area (Å²) >= 11 is 0. The zero-order valence-electron chi connectivity index (χ0n) is 7.22. The lowest BCUT2D eigenvalue weighted by atomic mass is 10.0. The van der Waals surface area contributed by atoms with Gasteiger partial charge in [0.15, 0.2) is 0 Å². The van der Waals surface area contributed by atoms with E-state index in [0.29, 0.717) is 0 Å². The summed E-state index contributed by atoms with van der Waals surface area (Å²) < 4.78 is 0. The van der Waals surface area contributed by atoms with E-state index in [2.05, 4.69) is 36.1 Å². The molecule has 0 spiro atoms. The second-order valence-corrected chi connectivity index (χ2v) is 3.25. The van der Waals surface area contributed by atoms with Gasteiger partial charge >= 0.3 is 0 Å². The van der Waals surface area contributed by atoms with Gasteiger partial charge in [0.05, 0.1) is 0 Å². The standard InChI is InChI=1S/C11H14N/c1-2-7-11-9-12-8-4-3-6-10(11)5-1/h1-2,5,7-8,12H,3-4,6,9H2. The van der Waals surface area contributed by atoms with Crippen LogP contribution >= 0.6 is 0 Å². The molecule has 1 radical (unpaired) electrons. The molecule has 63 valence electrons. The van der Waals surface area contributed by atoms with Gasteiger partial charge in [-0.05, 0) is 30.4 Å². The zero-order chi connectivity index (χ0) is 8.23. The van der Waals surface area contributed by atoms with E-state index in [1.54, 1.807) is 0 Å². The van der Waals surface area contributed by atoms with E-state index in [-0.39, 0.29) is 0 Å². The smallest absolute Gasteiger partial charge is 0.0224 e. The van der Waals surface area contributed by atoms with Crippen LogP contribution in [0.15, 0.2) is 24.3 Å². The predicted molar refractivity (Wildman–Crippen MR) is 50.5 cm³/mol. The quantitative estimate of drug-likeness (QED) is 0.614. The molecule has 0 saturated heterocycles. The Morgan fingerprint density at radius 3 is 2.83 bits per heavy atom. The first-order chi connectivity index (χ1) is 5.97. The maximum Gasteiger partial charge on any atom is 0.0224 e. The van der Waals surface area contributed by atoms with Gasteiger partial charge < -0.3 is 5.32 Å². The molecule has 1 aromatic rings. The minimum atomic E-state index is 0.996. The van der Waals surface area contributed by atoms with Crippen LogP contribution in [0.4, 0.5) is 0 Å². The van der Waals surface area contributed by atoms with Crippen molar-refractivity contribution in [2.45, 2.75) is 25.8 Å². The van der Waals surface area contributed by atoms with Crippen molar-refractivity contribution < 1.29 is 0 Å². The second-order valence-electron chi connectivity index (χ2n) is 3.25. The molecule has 1 heterocycles. The molecule has 2 rings (SSSR count). The van der Waals surface area contributed by atoms with Crippen LogP contribution in [0.5, 0.6) is 0 Å². The van der Waals surface area contributed by atoms with Gasteiger partial charge in [-0.3, -0.25) is 0 Å². The second kappa shape index (κ2) is 3.72. The Morgan fingerprint density at radius 1 is 1.08 bits per heavy atom. The average molecular weight is 160 g/mol. The molecule has 0 aromatic heterocycles. The van der Waals surface area contributed by atoms with Crippen molar-refractivity contribution in [3.63, 3.8) is 0 Å². The third kappa shape index (κ3) is 1.67. The summed E-state index contributed by atoms with van der Waals surface area (Å²) in [6.45, 7) is 3.17. The Balaban J connectivity index is 2.24. The SMILES string of the molecule is [CH]1CCCc2ccccc2CN1. The number of hydrogen-bond donors (Lipinski definition) is 1. The fourth-order valence-corrected chi connectivity index (χ4v) is 1.65. The van der Waals surface area contributed by atoms with Crippen LogP contribution in [-0.4, -0.2) is 0 Å². The fraction of sp³-hybridized carbons (Fsp3) is 0.364. The summed E-state index contributed by atoms with van der Waals surface area (Å²) in [4.78, 5) is 0. The lowest BCUT2D eigenvalue weighted by Gasteiger charge is -2.13. The normalized spacial score (nSPS) is 17.7. The summed E-state index contributed by atoms with van der Waals surface area (Å²) in [7, 11) is 0. The van der Waals surface area contributed by atoms with E-state index in [0.717, 1.165) is 6.54 Å². The molecule has 1 aliphatic rings. The Morgan fingerprint density at radius 2 is 1.92 bits per heavy atom. The Kier molecular flexibility index (Phi) is 2.42.